The first-order valence-corrected chi connectivity index (χ1v) is 9.21. The highest BCUT2D eigenvalue weighted by molar-refractivity contribution is 7.89. The molecule has 0 saturated carbocycles. The molecule has 2 rings (SSSR count). The number of hydrogen-bond donors (Lipinski definition) is 2. The van der Waals surface area contributed by atoms with E-state index in [9.17, 15) is 27.9 Å². The van der Waals surface area contributed by atoms with Crippen molar-refractivity contribution < 1.29 is 27.9 Å². The Morgan fingerprint density at radius 2 is 1.92 bits per heavy atom. The van der Waals surface area contributed by atoms with Crippen LogP contribution in [-0.4, -0.2) is 59.1 Å². The molecule has 2 N–H and O–H groups in total. The van der Waals surface area contributed by atoms with Crippen LogP contribution in [0.5, 0.6) is 0 Å². The maximum Gasteiger partial charge on any atom is 0.342 e. The number of carboxylic acid groups (broad SMARTS) is 1. The van der Waals surface area contributed by atoms with Gasteiger partial charge in [-0.15, -0.1) is 0 Å². The fourth-order valence-electron chi connectivity index (χ4n) is 2.51. The molecule has 136 valence electrons. The van der Waals surface area contributed by atoms with E-state index in [1.165, 1.54) is 26.0 Å². The molecule has 1 aromatic carbocycles. The quantitative estimate of drug-likeness (QED) is 0.798. The third kappa shape index (κ3) is 3.73. The monoisotopic (exact) mass is 369 g/mol. The van der Waals surface area contributed by atoms with Crippen molar-refractivity contribution in [2.45, 2.75) is 25.9 Å². The van der Waals surface area contributed by atoms with Gasteiger partial charge < -0.3 is 10.4 Å². The molecule has 25 heavy (non-hydrogen) atoms. The van der Waals surface area contributed by atoms with Crippen LogP contribution in [0, 0.1) is 0 Å². The van der Waals surface area contributed by atoms with Crippen LogP contribution in [0.4, 0.5) is 9.59 Å². The Morgan fingerprint density at radius 3 is 2.44 bits per heavy atom. The molecule has 1 aromatic rings. The highest BCUT2D eigenvalue weighted by Crippen LogP contribution is 2.21. The van der Waals surface area contributed by atoms with E-state index in [1.807, 2.05) is 0 Å². The summed E-state index contributed by atoms with van der Waals surface area (Å²) in [6, 6.07) is 4.00. The number of nitrogens with one attached hydrogen (secondary N) is 1. The molecule has 0 aromatic heterocycles. The predicted octanol–water partition coefficient (Wildman–Crippen LogP) is 0.998. The highest BCUT2D eigenvalue weighted by atomic mass is 32.2. The Labute approximate surface area is 145 Å². The van der Waals surface area contributed by atoms with Gasteiger partial charge in [-0.25, -0.2) is 32.0 Å². The molecule has 1 fully saturated rings. The van der Waals surface area contributed by atoms with Crippen LogP contribution in [0.15, 0.2) is 30.3 Å². The van der Waals surface area contributed by atoms with Gasteiger partial charge in [-0.05, 0) is 19.4 Å². The average molecular weight is 369 g/mol. The van der Waals surface area contributed by atoms with Crippen LogP contribution in [0.25, 0.3) is 0 Å². The number of nitrogens with zero attached hydrogens (tertiary/aromatic N) is 2. The molecular weight excluding hydrogens is 350 g/mol. The van der Waals surface area contributed by atoms with Crippen molar-refractivity contribution in [1.29, 1.82) is 0 Å². The van der Waals surface area contributed by atoms with Gasteiger partial charge in [0.1, 0.15) is 0 Å². The molecular formula is C15H19N3O6S. The minimum atomic E-state index is -3.80. The SMILES string of the molecule is CCS(=O)(=O)N1CC(C)N(C(=O)NC(C(=O)O)c2ccccc2)C1=O. The van der Waals surface area contributed by atoms with Crippen LogP contribution in [0.2, 0.25) is 0 Å². The third-order valence-corrected chi connectivity index (χ3v) is 5.56. The van der Waals surface area contributed by atoms with Crippen molar-refractivity contribution in [2.24, 2.45) is 0 Å². The van der Waals surface area contributed by atoms with Crippen LogP contribution in [0.3, 0.4) is 0 Å². The zero-order valence-corrected chi connectivity index (χ0v) is 14.6. The van der Waals surface area contributed by atoms with Gasteiger partial charge in [-0.3, -0.25) is 0 Å². The molecule has 2 unspecified atom stereocenters. The Morgan fingerprint density at radius 1 is 1.32 bits per heavy atom. The smallest absolute Gasteiger partial charge is 0.342 e. The summed E-state index contributed by atoms with van der Waals surface area (Å²) in [6.45, 7) is 2.75. The summed E-state index contributed by atoms with van der Waals surface area (Å²) < 4.78 is 24.5. The first-order chi connectivity index (χ1) is 11.7. The molecule has 1 aliphatic heterocycles. The number of carboxylic acids is 1. The number of amides is 4. The maximum atomic E-state index is 12.4. The van der Waals surface area contributed by atoms with Crippen LogP contribution in [0.1, 0.15) is 25.5 Å². The van der Waals surface area contributed by atoms with Gasteiger partial charge in [-0.1, -0.05) is 30.3 Å². The van der Waals surface area contributed by atoms with Crippen LogP contribution >= 0.6 is 0 Å². The normalized spacial score (nSPS) is 19.0. The van der Waals surface area contributed by atoms with Gasteiger partial charge in [0, 0.05) is 0 Å². The lowest BCUT2D eigenvalue weighted by Crippen LogP contribution is -2.48. The van der Waals surface area contributed by atoms with Crippen molar-refractivity contribution in [3.8, 4) is 0 Å². The Kier molecular flexibility index (Phi) is 5.31. The van der Waals surface area contributed by atoms with Crippen molar-refractivity contribution in [3.05, 3.63) is 35.9 Å². The second kappa shape index (κ2) is 7.09. The van der Waals surface area contributed by atoms with Gasteiger partial charge in [-0.2, -0.15) is 0 Å². The predicted molar refractivity (Wildman–Crippen MR) is 88.2 cm³/mol. The van der Waals surface area contributed by atoms with E-state index in [1.54, 1.807) is 18.2 Å². The van der Waals surface area contributed by atoms with Gasteiger partial charge in [0.05, 0.1) is 18.3 Å². The minimum absolute atomic E-state index is 0.161. The van der Waals surface area contributed by atoms with Crippen molar-refractivity contribution in [1.82, 2.24) is 14.5 Å². The summed E-state index contributed by atoms with van der Waals surface area (Å²) in [5.74, 6) is -1.57. The number of benzene rings is 1. The summed E-state index contributed by atoms with van der Waals surface area (Å²) in [6.07, 6.45) is 0. The number of carbonyl (C=O) groups excluding carboxylic acids is 2. The number of carbonyl (C=O) groups is 3. The first-order valence-electron chi connectivity index (χ1n) is 7.61. The van der Waals surface area contributed by atoms with Crippen molar-refractivity contribution in [3.63, 3.8) is 0 Å². The number of rotatable bonds is 5. The van der Waals surface area contributed by atoms with E-state index >= 15 is 0 Å². The number of sulfonamides is 1. The zero-order valence-electron chi connectivity index (χ0n) is 13.7. The molecule has 1 aliphatic rings. The lowest BCUT2D eigenvalue weighted by molar-refractivity contribution is -0.139. The number of aliphatic carboxylic acids is 1. The summed E-state index contributed by atoms with van der Waals surface area (Å²) in [4.78, 5) is 36.9. The average Bonchev–Trinajstić information content (AvgIpc) is 2.88. The van der Waals surface area contributed by atoms with Gasteiger partial charge in [0.25, 0.3) is 0 Å². The number of urea groups is 2. The number of hydrogen-bond acceptors (Lipinski definition) is 5. The summed E-state index contributed by atoms with van der Waals surface area (Å²) in [7, 11) is -3.80. The van der Waals surface area contributed by atoms with Gasteiger partial charge in [0.15, 0.2) is 6.04 Å². The molecule has 0 spiro atoms. The zero-order chi connectivity index (χ0) is 18.8. The van der Waals surface area contributed by atoms with Gasteiger partial charge >= 0.3 is 18.0 Å². The molecule has 1 saturated heterocycles. The van der Waals surface area contributed by atoms with Crippen molar-refractivity contribution >= 4 is 28.1 Å². The fraction of sp³-hybridized carbons (Fsp3) is 0.400. The second-order valence-corrected chi connectivity index (χ2v) is 7.75. The van der Waals surface area contributed by atoms with E-state index in [2.05, 4.69) is 5.32 Å². The van der Waals surface area contributed by atoms with E-state index in [0.717, 1.165) is 4.90 Å². The van der Waals surface area contributed by atoms with E-state index < -0.39 is 40.1 Å². The largest absolute Gasteiger partial charge is 0.479 e. The summed E-state index contributed by atoms with van der Waals surface area (Å²) in [5.41, 5.74) is 0.334. The van der Waals surface area contributed by atoms with Crippen LogP contribution in [-0.2, 0) is 14.8 Å². The molecule has 4 amide bonds. The lowest BCUT2D eigenvalue weighted by Gasteiger charge is -2.22. The first kappa shape index (κ1) is 18.7. The molecule has 9 nitrogen and oxygen atoms in total. The molecule has 1 heterocycles. The Hall–Kier alpha value is -2.62. The molecule has 0 radical (unpaired) electrons. The van der Waals surface area contributed by atoms with E-state index in [4.69, 9.17) is 0 Å². The molecule has 10 heteroatoms. The Bertz CT molecular complexity index is 780. The van der Waals surface area contributed by atoms with Crippen LogP contribution < -0.4 is 5.32 Å². The lowest BCUT2D eigenvalue weighted by atomic mass is 10.1. The van der Waals surface area contributed by atoms with E-state index in [0.29, 0.717) is 9.87 Å². The standard InChI is InChI=1S/C15H19N3O6S/c1-3-25(23,24)17-9-10(2)18(15(17)22)14(21)16-12(13(19)20)11-7-5-4-6-8-11/h4-8,10,12H,3,9H2,1-2H3,(H,16,21)(H,19,20). The second-order valence-electron chi connectivity index (χ2n) is 5.56. The highest BCUT2D eigenvalue weighted by Gasteiger charge is 2.44. The topological polar surface area (TPSA) is 124 Å². The third-order valence-electron chi connectivity index (χ3n) is 3.86. The fourth-order valence-corrected chi connectivity index (χ4v) is 3.59. The van der Waals surface area contributed by atoms with Crippen molar-refractivity contribution in [2.75, 3.05) is 12.3 Å². The number of imide groups is 1. The molecule has 2 atom stereocenters. The van der Waals surface area contributed by atoms with E-state index in [-0.39, 0.29) is 12.3 Å². The minimum Gasteiger partial charge on any atom is -0.479 e. The summed E-state index contributed by atoms with van der Waals surface area (Å²) >= 11 is 0. The molecule has 0 bridgehead atoms. The van der Waals surface area contributed by atoms with Gasteiger partial charge in [0.2, 0.25) is 10.0 Å². The summed E-state index contributed by atoms with van der Waals surface area (Å²) in [5, 5.41) is 11.6. The Balaban J connectivity index is 2.22. The maximum absolute atomic E-state index is 12.4. The molecule has 0 aliphatic carbocycles.